The number of benzene rings is 1. The maximum absolute atomic E-state index is 2.69. The molecule has 0 amide bonds. The van der Waals surface area contributed by atoms with Gasteiger partial charge in [-0.1, -0.05) is 61.2 Å². The highest BCUT2D eigenvalue weighted by Crippen LogP contribution is 2.30. The highest BCUT2D eigenvalue weighted by molar-refractivity contribution is 5.54. The molecule has 1 unspecified atom stereocenters. The largest absolute Gasteiger partial charge is 0.297 e. The zero-order valence-corrected chi connectivity index (χ0v) is 11.9. The molecule has 2 aliphatic rings. The van der Waals surface area contributed by atoms with Crippen molar-refractivity contribution < 1.29 is 0 Å². The van der Waals surface area contributed by atoms with Gasteiger partial charge in [0.15, 0.2) is 0 Å². The Hall–Kier alpha value is -1.08. The van der Waals surface area contributed by atoms with E-state index in [1.807, 2.05) is 0 Å². The van der Waals surface area contributed by atoms with Crippen molar-refractivity contribution in [3.05, 3.63) is 41.5 Å². The molecule has 0 aromatic heterocycles. The summed E-state index contributed by atoms with van der Waals surface area (Å²) >= 11 is 0. The van der Waals surface area contributed by atoms with Crippen molar-refractivity contribution in [1.29, 1.82) is 0 Å². The summed E-state index contributed by atoms with van der Waals surface area (Å²) in [5, 5.41) is 0. The third-order valence-electron chi connectivity index (χ3n) is 4.60. The molecule has 1 atom stereocenters. The van der Waals surface area contributed by atoms with Crippen LogP contribution in [0, 0.1) is 0 Å². The molecule has 102 valence electrons. The Labute approximate surface area is 117 Å². The molecular weight excluding hydrogens is 230 g/mol. The average molecular weight is 255 g/mol. The minimum atomic E-state index is 0.731. The molecule has 0 N–H and O–H groups in total. The first-order valence-electron chi connectivity index (χ1n) is 7.93. The number of likely N-dealkylation sites (tertiary alicyclic amines) is 1. The van der Waals surface area contributed by atoms with E-state index in [-0.39, 0.29) is 0 Å². The van der Waals surface area contributed by atoms with Crippen LogP contribution in [0.2, 0.25) is 0 Å². The lowest BCUT2D eigenvalue weighted by Gasteiger charge is -2.40. The fourth-order valence-electron chi connectivity index (χ4n) is 3.37. The van der Waals surface area contributed by atoms with E-state index in [1.54, 1.807) is 5.57 Å². The third-order valence-corrected chi connectivity index (χ3v) is 4.60. The summed E-state index contributed by atoms with van der Waals surface area (Å²) in [6.07, 6.45) is 12.2. The number of hydrogen-bond donors (Lipinski definition) is 0. The van der Waals surface area contributed by atoms with E-state index in [2.05, 4.69) is 41.3 Å². The lowest BCUT2D eigenvalue weighted by Crippen LogP contribution is -2.46. The van der Waals surface area contributed by atoms with Gasteiger partial charge in [0.05, 0.1) is 0 Å². The topological polar surface area (TPSA) is 3.24 Å². The monoisotopic (exact) mass is 255 g/mol. The summed E-state index contributed by atoms with van der Waals surface area (Å²) in [5.41, 5.74) is 3.06. The fraction of sp³-hybridized carbons (Fsp3) is 0.556. The van der Waals surface area contributed by atoms with Crippen LogP contribution in [0.1, 0.15) is 50.5 Å². The average Bonchev–Trinajstić information content (AvgIpc) is 2.36. The Morgan fingerprint density at radius 1 is 0.895 bits per heavy atom. The summed E-state index contributed by atoms with van der Waals surface area (Å²) in [7, 11) is 0. The standard InChI is InChI=1S/C18H25N/c1-2-7-12-18(19-13-8-14-19)17(11-6-1)15-16-9-4-3-5-10-16/h3-5,9-10,15,18H,1-2,6-8,11-14H2. The summed E-state index contributed by atoms with van der Waals surface area (Å²) in [6.45, 7) is 2.63. The minimum absolute atomic E-state index is 0.731. The van der Waals surface area contributed by atoms with E-state index in [9.17, 15) is 0 Å². The highest BCUT2D eigenvalue weighted by atomic mass is 15.2. The molecule has 1 aliphatic carbocycles. The van der Waals surface area contributed by atoms with Crippen molar-refractivity contribution >= 4 is 6.08 Å². The zero-order valence-electron chi connectivity index (χ0n) is 11.9. The van der Waals surface area contributed by atoms with E-state index in [0.29, 0.717) is 0 Å². The molecule has 1 aromatic rings. The molecule has 3 rings (SSSR count). The molecular formula is C18H25N. The number of nitrogens with zero attached hydrogens (tertiary/aromatic N) is 1. The van der Waals surface area contributed by atoms with Gasteiger partial charge in [-0.15, -0.1) is 0 Å². The molecule has 1 saturated heterocycles. The molecule has 1 saturated carbocycles. The molecule has 0 radical (unpaired) electrons. The summed E-state index contributed by atoms with van der Waals surface area (Å²) in [4.78, 5) is 2.69. The Bertz CT molecular complexity index is 417. The predicted octanol–water partition coefficient (Wildman–Crippen LogP) is 4.50. The minimum Gasteiger partial charge on any atom is -0.297 e. The van der Waals surface area contributed by atoms with E-state index < -0.39 is 0 Å². The third kappa shape index (κ3) is 3.27. The predicted molar refractivity (Wildman–Crippen MR) is 82.1 cm³/mol. The summed E-state index contributed by atoms with van der Waals surface area (Å²) in [6, 6.07) is 11.6. The maximum atomic E-state index is 2.69. The quantitative estimate of drug-likeness (QED) is 0.752. The highest BCUT2D eigenvalue weighted by Gasteiger charge is 2.27. The van der Waals surface area contributed by atoms with Crippen molar-refractivity contribution in [2.24, 2.45) is 0 Å². The van der Waals surface area contributed by atoms with Gasteiger partial charge >= 0.3 is 0 Å². The van der Waals surface area contributed by atoms with Crippen LogP contribution in [0.5, 0.6) is 0 Å². The van der Waals surface area contributed by atoms with Crippen molar-refractivity contribution in [2.45, 2.75) is 51.0 Å². The van der Waals surface area contributed by atoms with Crippen LogP contribution in [-0.2, 0) is 0 Å². The molecule has 2 fully saturated rings. The summed E-state index contributed by atoms with van der Waals surface area (Å²) in [5.74, 6) is 0. The fourth-order valence-corrected chi connectivity index (χ4v) is 3.37. The molecule has 1 aromatic carbocycles. The Morgan fingerprint density at radius 3 is 2.42 bits per heavy atom. The molecule has 1 heteroatoms. The van der Waals surface area contributed by atoms with Gasteiger partial charge in [0, 0.05) is 6.04 Å². The van der Waals surface area contributed by atoms with Gasteiger partial charge in [0.25, 0.3) is 0 Å². The Kier molecular flexibility index (Phi) is 4.34. The van der Waals surface area contributed by atoms with Gasteiger partial charge in [0.1, 0.15) is 0 Å². The second-order valence-corrected chi connectivity index (χ2v) is 5.99. The molecule has 19 heavy (non-hydrogen) atoms. The van der Waals surface area contributed by atoms with E-state index in [0.717, 1.165) is 6.04 Å². The SMILES string of the molecule is C(=C1CCCCCCC1N1CCC1)c1ccccc1. The lowest BCUT2D eigenvalue weighted by molar-refractivity contribution is 0.126. The van der Waals surface area contributed by atoms with Gasteiger partial charge in [-0.2, -0.15) is 0 Å². The first kappa shape index (κ1) is 12.9. The van der Waals surface area contributed by atoms with Crippen LogP contribution in [0.25, 0.3) is 6.08 Å². The Balaban J connectivity index is 1.81. The van der Waals surface area contributed by atoms with Crippen molar-refractivity contribution in [2.75, 3.05) is 13.1 Å². The molecule has 0 spiro atoms. The van der Waals surface area contributed by atoms with Gasteiger partial charge in [-0.25, -0.2) is 0 Å². The van der Waals surface area contributed by atoms with Crippen molar-refractivity contribution in [1.82, 2.24) is 4.90 Å². The zero-order chi connectivity index (χ0) is 12.9. The van der Waals surface area contributed by atoms with Crippen LogP contribution >= 0.6 is 0 Å². The second kappa shape index (κ2) is 6.38. The van der Waals surface area contributed by atoms with Crippen LogP contribution in [0.4, 0.5) is 0 Å². The lowest BCUT2D eigenvalue weighted by atomic mass is 9.88. The van der Waals surface area contributed by atoms with Crippen molar-refractivity contribution in [3.63, 3.8) is 0 Å². The van der Waals surface area contributed by atoms with Gasteiger partial charge in [-0.3, -0.25) is 4.90 Å². The normalized spacial score (nSPS) is 27.6. The summed E-state index contributed by atoms with van der Waals surface area (Å²) < 4.78 is 0. The number of rotatable bonds is 2. The molecule has 0 bridgehead atoms. The van der Waals surface area contributed by atoms with Crippen LogP contribution in [-0.4, -0.2) is 24.0 Å². The molecule has 1 heterocycles. The van der Waals surface area contributed by atoms with Crippen LogP contribution in [0.3, 0.4) is 0 Å². The second-order valence-electron chi connectivity index (χ2n) is 5.99. The maximum Gasteiger partial charge on any atom is 0.0310 e. The van der Waals surface area contributed by atoms with Crippen LogP contribution in [0.15, 0.2) is 35.9 Å². The van der Waals surface area contributed by atoms with Gasteiger partial charge < -0.3 is 0 Å². The van der Waals surface area contributed by atoms with E-state index in [1.165, 1.54) is 63.6 Å². The van der Waals surface area contributed by atoms with Crippen molar-refractivity contribution in [3.8, 4) is 0 Å². The van der Waals surface area contributed by atoms with Gasteiger partial charge in [0.2, 0.25) is 0 Å². The van der Waals surface area contributed by atoms with E-state index >= 15 is 0 Å². The Morgan fingerprint density at radius 2 is 1.68 bits per heavy atom. The first-order chi connectivity index (χ1) is 9.43. The molecule has 1 nitrogen and oxygen atoms in total. The molecule has 1 aliphatic heterocycles. The smallest absolute Gasteiger partial charge is 0.0310 e. The first-order valence-corrected chi connectivity index (χ1v) is 7.93. The van der Waals surface area contributed by atoms with Crippen LogP contribution < -0.4 is 0 Å². The van der Waals surface area contributed by atoms with E-state index in [4.69, 9.17) is 0 Å². The number of hydrogen-bond acceptors (Lipinski definition) is 1. The van der Waals surface area contributed by atoms with Gasteiger partial charge in [-0.05, 0) is 44.3 Å².